The molecule has 4 aromatic rings. The van der Waals surface area contributed by atoms with Gasteiger partial charge in [0.05, 0.1) is 22.8 Å². The van der Waals surface area contributed by atoms with E-state index in [0.717, 1.165) is 34.5 Å². The van der Waals surface area contributed by atoms with Gasteiger partial charge in [-0.2, -0.15) is 0 Å². The number of hydrogen-bond donors (Lipinski definition) is 0. The second kappa shape index (κ2) is 10.7. The van der Waals surface area contributed by atoms with Crippen molar-refractivity contribution < 1.29 is 0 Å². The highest BCUT2D eigenvalue weighted by Crippen LogP contribution is 2.18. The lowest BCUT2D eigenvalue weighted by Gasteiger charge is -2.02. The van der Waals surface area contributed by atoms with Crippen molar-refractivity contribution in [1.82, 2.24) is 19.9 Å². The standard InChI is InChI=1S/C13H14N2.C12H11BrN2/c1-3-11-5-7-15-13(9-11)12-8-10(2)4-6-14-12;1-9-2-4-14-11(6-9)12-7-10(8-13)3-5-15-12/h4-9H,3H2,1-2H3;2-7H,8H2,1H3. The van der Waals surface area contributed by atoms with Crippen LogP contribution >= 0.6 is 15.9 Å². The van der Waals surface area contributed by atoms with Gasteiger partial charge in [-0.3, -0.25) is 19.9 Å². The van der Waals surface area contributed by atoms with Crippen molar-refractivity contribution in [1.29, 1.82) is 0 Å². The number of halogens is 1. The zero-order valence-electron chi connectivity index (χ0n) is 17.5. The molecule has 0 aliphatic carbocycles. The molecule has 0 aliphatic heterocycles. The van der Waals surface area contributed by atoms with E-state index in [0.29, 0.717) is 0 Å². The minimum atomic E-state index is 0.842. The maximum atomic E-state index is 4.34. The van der Waals surface area contributed by atoms with E-state index in [4.69, 9.17) is 0 Å². The van der Waals surface area contributed by atoms with Crippen LogP contribution in [0, 0.1) is 13.8 Å². The molecule has 4 nitrogen and oxygen atoms in total. The van der Waals surface area contributed by atoms with Crippen LogP contribution in [0.5, 0.6) is 0 Å². The highest BCUT2D eigenvalue weighted by molar-refractivity contribution is 9.08. The summed E-state index contributed by atoms with van der Waals surface area (Å²) < 4.78 is 0. The quantitative estimate of drug-likeness (QED) is 0.332. The van der Waals surface area contributed by atoms with Gasteiger partial charge in [0.15, 0.2) is 0 Å². The van der Waals surface area contributed by atoms with Crippen LogP contribution in [0.1, 0.15) is 29.2 Å². The summed E-state index contributed by atoms with van der Waals surface area (Å²) in [4.78, 5) is 17.3. The van der Waals surface area contributed by atoms with Crippen LogP contribution in [0.2, 0.25) is 0 Å². The van der Waals surface area contributed by atoms with Crippen molar-refractivity contribution in [3.63, 3.8) is 0 Å². The summed E-state index contributed by atoms with van der Waals surface area (Å²) in [5.74, 6) is 0. The monoisotopic (exact) mass is 460 g/mol. The molecule has 152 valence electrons. The molecule has 0 N–H and O–H groups in total. The lowest BCUT2D eigenvalue weighted by atomic mass is 10.1. The fraction of sp³-hybridized carbons (Fsp3) is 0.200. The summed E-state index contributed by atoms with van der Waals surface area (Å²) in [6, 6.07) is 16.3. The van der Waals surface area contributed by atoms with Gasteiger partial charge in [0.2, 0.25) is 0 Å². The molecule has 0 radical (unpaired) electrons. The van der Waals surface area contributed by atoms with Crippen molar-refractivity contribution >= 4 is 15.9 Å². The normalized spacial score (nSPS) is 10.3. The Balaban J connectivity index is 0.000000171. The van der Waals surface area contributed by atoms with E-state index in [9.17, 15) is 0 Å². The van der Waals surface area contributed by atoms with E-state index >= 15 is 0 Å². The molecule has 0 aromatic carbocycles. The molecular weight excluding hydrogens is 436 g/mol. The third-order valence-corrected chi connectivity index (χ3v) is 5.21. The molecule has 30 heavy (non-hydrogen) atoms. The van der Waals surface area contributed by atoms with Crippen LogP contribution in [0.3, 0.4) is 0 Å². The van der Waals surface area contributed by atoms with Crippen LogP contribution in [0.4, 0.5) is 0 Å². The Morgan fingerprint density at radius 2 is 1.00 bits per heavy atom. The first-order valence-electron chi connectivity index (χ1n) is 9.91. The second-order valence-corrected chi connectivity index (χ2v) is 7.58. The van der Waals surface area contributed by atoms with Crippen LogP contribution in [-0.4, -0.2) is 19.9 Å². The van der Waals surface area contributed by atoms with E-state index in [1.165, 1.54) is 22.3 Å². The van der Waals surface area contributed by atoms with Crippen LogP contribution in [0.25, 0.3) is 22.8 Å². The highest BCUT2D eigenvalue weighted by Gasteiger charge is 2.02. The van der Waals surface area contributed by atoms with Crippen LogP contribution in [0.15, 0.2) is 73.3 Å². The maximum Gasteiger partial charge on any atom is 0.0889 e. The third-order valence-electron chi connectivity index (χ3n) is 4.57. The molecule has 0 saturated carbocycles. The van der Waals surface area contributed by atoms with Crippen molar-refractivity contribution in [2.75, 3.05) is 0 Å². The molecule has 5 heteroatoms. The SMILES string of the molecule is CCc1ccnc(-c2cc(C)ccn2)c1.Cc1ccnc(-c2cc(CBr)ccn2)c1. The molecule has 0 unspecified atom stereocenters. The molecule has 0 aliphatic rings. The van der Waals surface area contributed by atoms with Gasteiger partial charge in [-0.05, 0) is 91.1 Å². The van der Waals surface area contributed by atoms with Gasteiger partial charge < -0.3 is 0 Å². The fourth-order valence-electron chi connectivity index (χ4n) is 2.88. The first-order chi connectivity index (χ1) is 14.6. The molecule has 0 bridgehead atoms. The predicted octanol–water partition coefficient (Wildman–Crippen LogP) is 6.36. The largest absolute Gasteiger partial charge is 0.255 e. The lowest BCUT2D eigenvalue weighted by Crippen LogP contribution is -1.89. The van der Waals surface area contributed by atoms with Crippen molar-refractivity contribution in [2.45, 2.75) is 32.5 Å². The summed E-state index contributed by atoms with van der Waals surface area (Å²) in [5.41, 5.74) is 8.68. The molecule has 4 aromatic heterocycles. The third kappa shape index (κ3) is 6.04. The molecule has 0 spiro atoms. The van der Waals surface area contributed by atoms with Gasteiger partial charge in [0.25, 0.3) is 0 Å². The van der Waals surface area contributed by atoms with Gasteiger partial charge in [0.1, 0.15) is 0 Å². The highest BCUT2D eigenvalue weighted by atomic mass is 79.9. The van der Waals surface area contributed by atoms with Gasteiger partial charge in [-0.15, -0.1) is 0 Å². The molecule has 0 amide bonds. The summed E-state index contributed by atoms with van der Waals surface area (Å²) in [6.07, 6.45) is 8.33. The number of aromatic nitrogens is 4. The van der Waals surface area contributed by atoms with Crippen molar-refractivity contribution in [2.24, 2.45) is 0 Å². The van der Waals surface area contributed by atoms with E-state index in [2.05, 4.69) is 74.8 Å². The van der Waals surface area contributed by atoms with Gasteiger partial charge in [0, 0.05) is 30.1 Å². The number of alkyl halides is 1. The first kappa shape index (κ1) is 21.8. The second-order valence-electron chi connectivity index (χ2n) is 7.02. The fourth-order valence-corrected chi connectivity index (χ4v) is 3.23. The van der Waals surface area contributed by atoms with E-state index in [1.54, 1.807) is 0 Å². The predicted molar refractivity (Wildman–Crippen MR) is 126 cm³/mol. The lowest BCUT2D eigenvalue weighted by molar-refractivity contribution is 1.11. The number of rotatable bonds is 4. The van der Waals surface area contributed by atoms with Gasteiger partial charge in [-0.1, -0.05) is 22.9 Å². The molecule has 0 fully saturated rings. The first-order valence-corrected chi connectivity index (χ1v) is 11.0. The van der Waals surface area contributed by atoms with Crippen LogP contribution < -0.4 is 0 Å². The molecule has 4 heterocycles. The minimum absolute atomic E-state index is 0.842. The topological polar surface area (TPSA) is 51.6 Å². The van der Waals surface area contributed by atoms with Gasteiger partial charge >= 0.3 is 0 Å². The Hall–Kier alpha value is -2.92. The van der Waals surface area contributed by atoms with E-state index in [1.807, 2.05) is 55.1 Å². The Bertz CT molecular complexity index is 1020. The zero-order chi connectivity index (χ0) is 21.3. The molecule has 0 saturated heterocycles. The van der Waals surface area contributed by atoms with Crippen molar-refractivity contribution in [3.8, 4) is 22.8 Å². The number of hydrogen-bond acceptors (Lipinski definition) is 4. The number of nitrogens with zero attached hydrogens (tertiary/aromatic N) is 4. The summed E-state index contributed by atoms with van der Waals surface area (Å²) >= 11 is 3.43. The average Bonchev–Trinajstić information content (AvgIpc) is 2.79. The summed E-state index contributed by atoms with van der Waals surface area (Å²) in [7, 11) is 0. The molecular formula is C25H25BrN4. The smallest absolute Gasteiger partial charge is 0.0889 e. The zero-order valence-corrected chi connectivity index (χ0v) is 19.1. The summed E-state index contributed by atoms with van der Waals surface area (Å²) in [6.45, 7) is 6.26. The van der Waals surface area contributed by atoms with E-state index in [-0.39, 0.29) is 0 Å². The Morgan fingerprint density at radius 1 is 0.600 bits per heavy atom. The molecule has 0 atom stereocenters. The van der Waals surface area contributed by atoms with Crippen LogP contribution in [-0.2, 0) is 11.8 Å². The summed E-state index contributed by atoms with van der Waals surface area (Å²) in [5, 5.41) is 0.842. The number of pyridine rings is 4. The van der Waals surface area contributed by atoms with Crippen molar-refractivity contribution in [3.05, 3.63) is 95.6 Å². The number of aryl methyl sites for hydroxylation is 3. The minimum Gasteiger partial charge on any atom is -0.255 e. The Morgan fingerprint density at radius 3 is 1.43 bits per heavy atom. The average molecular weight is 461 g/mol. The maximum absolute atomic E-state index is 4.34. The molecule has 4 rings (SSSR count). The van der Waals surface area contributed by atoms with Gasteiger partial charge in [-0.25, -0.2) is 0 Å². The Kier molecular flexibility index (Phi) is 7.80. The van der Waals surface area contributed by atoms with E-state index < -0.39 is 0 Å². The Labute approximate surface area is 186 Å².